The molecule has 33 heavy (non-hydrogen) atoms. The van der Waals surface area contributed by atoms with Crippen molar-refractivity contribution in [1.29, 1.82) is 5.26 Å². The van der Waals surface area contributed by atoms with Crippen molar-refractivity contribution in [2.75, 3.05) is 5.73 Å². The van der Waals surface area contributed by atoms with Crippen LogP contribution >= 0.6 is 0 Å². The average molecular weight is 431 g/mol. The number of pyridine rings is 1. The van der Waals surface area contributed by atoms with Crippen LogP contribution < -0.4 is 5.73 Å². The Morgan fingerprint density at radius 2 is 1.91 bits per heavy atom. The lowest BCUT2D eigenvalue weighted by atomic mass is 10.1. The Kier molecular flexibility index (Phi) is 4.16. The predicted octanol–water partition coefficient (Wildman–Crippen LogP) is 3.66. The van der Waals surface area contributed by atoms with Gasteiger partial charge < -0.3 is 5.73 Å². The van der Waals surface area contributed by atoms with Gasteiger partial charge in [-0.2, -0.15) is 15.5 Å². The summed E-state index contributed by atoms with van der Waals surface area (Å²) in [5, 5.41) is 26.1. The fourth-order valence-electron chi connectivity index (χ4n) is 3.98. The van der Waals surface area contributed by atoms with Crippen molar-refractivity contribution in [2.45, 2.75) is 6.54 Å². The van der Waals surface area contributed by atoms with Gasteiger partial charge in [0.25, 0.3) is 0 Å². The average Bonchev–Trinajstić information content (AvgIpc) is 3.58. The molecule has 6 rings (SSSR count). The van der Waals surface area contributed by atoms with Gasteiger partial charge in [-0.3, -0.25) is 9.78 Å². The highest BCUT2D eigenvalue weighted by atomic mass is 15.3. The van der Waals surface area contributed by atoms with E-state index in [0.29, 0.717) is 23.4 Å². The van der Waals surface area contributed by atoms with Crippen LogP contribution in [0.15, 0.2) is 73.2 Å². The Balaban J connectivity index is 1.42. The van der Waals surface area contributed by atoms with Crippen molar-refractivity contribution in [3.63, 3.8) is 0 Å². The molecular weight excluding hydrogens is 414 g/mol. The maximum absolute atomic E-state index is 9.02. The van der Waals surface area contributed by atoms with E-state index in [4.69, 9.17) is 11.0 Å². The van der Waals surface area contributed by atoms with E-state index in [1.807, 2.05) is 59.3 Å². The molecule has 0 spiro atoms. The smallest absolute Gasteiger partial charge is 0.172 e. The number of nitrogens with one attached hydrogen (secondary N) is 1. The molecule has 9 heteroatoms. The second-order valence-corrected chi connectivity index (χ2v) is 7.71. The lowest BCUT2D eigenvalue weighted by molar-refractivity contribution is 0.694. The molecule has 0 atom stereocenters. The molecule has 0 aliphatic rings. The number of fused-ring (bicyclic) bond motifs is 2. The highest BCUT2D eigenvalue weighted by molar-refractivity contribution is 5.90. The van der Waals surface area contributed by atoms with E-state index < -0.39 is 0 Å². The zero-order valence-electron chi connectivity index (χ0n) is 17.3. The van der Waals surface area contributed by atoms with E-state index in [1.165, 1.54) is 0 Å². The number of aromatic nitrogens is 7. The van der Waals surface area contributed by atoms with Gasteiger partial charge in [0.1, 0.15) is 5.52 Å². The number of benzene rings is 2. The molecule has 0 amide bonds. The van der Waals surface area contributed by atoms with E-state index in [0.717, 1.165) is 38.9 Å². The van der Waals surface area contributed by atoms with Gasteiger partial charge in [0.05, 0.1) is 46.8 Å². The lowest BCUT2D eigenvalue weighted by Gasteiger charge is -2.09. The summed E-state index contributed by atoms with van der Waals surface area (Å²) in [4.78, 5) is 4.60. The number of anilines is 1. The van der Waals surface area contributed by atoms with E-state index >= 15 is 0 Å². The van der Waals surface area contributed by atoms with Gasteiger partial charge >= 0.3 is 0 Å². The molecule has 0 bridgehead atoms. The zero-order chi connectivity index (χ0) is 22.4. The Hall–Kier alpha value is -4.97. The molecule has 0 unspecified atom stereocenters. The van der Waals surface area contributed by atoms with Crippen LogP contribution in [0, 0.1) is 11.3 Å². The van der Waals surface area contributed by atoms with Crippen LogP contribution in [-0.2, 0) is 6.54 Å². The molecule has 0 fully saturated rings. The van der Waals surface area contributed by atoms with Crippen LogP contribution in [0.25, 0.3) is 38.9 Å². The molecule has 2 aromatic carbocycles. The maximum Gasteiger partial charge on any atom is 0.172 e. The summed E-state index contributed by atoms with van der Waals surface area (Å²) in [5.74, 6) is 0.368. The fraction of sp³-hybridized carbons (Fsp3) is 0.0417. The summed E-state index contributed by atoms with van der Waals surface area (Å²) in [6, 6.07) is 19.6. The molecule has 0 aliphatic heterocycles. The number of rotatable bonds is 4. The fourth-order valence-corrected chi connectivity index (χ4v) is 3.98. The predicted molar refractivity (Wildman–Crippen MR) is 124 cm³/mol. The van der Waals surface area contributed by atoms with Crippen LogP contribution in [0.4, 0.5) is 5.82 Å². The van der Waals surface area contributed by atoms with Crippen molar-refractivity contribution < 1.29 is 0 Å². The quantitative estimate of drug-likeness (QED) is 0.438. The molecule has 4 aromatic heterocycles. The first-order valence-electron chi connectivity index (χ1n) is 10.3. The van der Waals surface area contributed by atoms with E-state index in [-0.39, 0.29) is 0 Å². The van der Waals surface area contributed by atoms with Crippen molar-refractivity contribution in [2.24, 2.45) is 0 Å². The summed E-state index contributed by atoms with van der Waals surface area (Å²) in [6.07, 6.45) is 5.33. The number of nitriles is 1. The number of nitrogens with two attached hydrogens (primary N) is 1. The van der Waals surface area contributed by atoms with E-state index in [1.54, 1.807) is 23.3 Å². The minimum atomic E-state index is 0.368. The summed E-state index contributed by atoms with van der Waals surface area (Å²) >= 11 is 0. The lowest BCUT2D eigenvalue weighted by Crippen LogP contribution is -2.04. The number of hydrogen-bond acceptors (Lipinski definition) is 6. The third-order valence-electron chi connectivity index (χ3n) is 5.64. The largest absolute Gasteiger partial charge is 0.380 e. The standard InChI is InChI=1S/C24H17N9/c25-11-15-1-3-16(4-2-15)14-32-21(7-8-29-32)18-9-22-23(27-12-18)24(26)31-33(22)19-6-5-17-13-28-30-20(17)10-19/h1-10,12-13H,14H2,(H2,26,31)(H,28,30). The minimum absolute atomic E-state index is 0.368. The Morgan fingerprint density at radius 1 is 1.03 bits per heavy atom. The van der Waals surface area contributed by atoms with Gasteiger partial charge in [0.15, 0.2) is 5.82 Å². The van der Waals surface area contributed by atoms with Gasteiger partial charge in [-0.05, 0) is 48.0 Å². The normalized spacial score (nSPS) is 11.2. The highest BCUT2D eigenvalue weighted by Crippen LogP contribution is 2.28. The summed E-state index contributed by atoms with van der Waals surface area (Å²) in [7, 11) is 0. The molecule has 158 valence electrons. The molecule has 6 aromatic rings. The molecule has 0 saturated heterocycles. The van der Waals surface area contributed by atoms with Gasteiger partial charge in [0, 0.05) is 23.3 Å². The first-order valence-corrected chi connectivity index (χ1v) is 10.3. The minimum Gasteiger partial charge on any atom is -0.380 e. The third kappa shape index (κ3) is 3.18. The van der Waals surface area contributed by atoms with Crippen molar-refractivity contribution in [3.8, 4) is 23.0 Å². The van der Waals surface area contributed by atoms with Gasteiger partial charge in [0.2, 0.25) is 0 Å². The number of hydrogen-bond donors (Lipinski definition) is 2. The monoisotopic (exact) mass is 431 g/mol. The number of nitrogen functional groups attached to an aromatic ring is 1. The molecule has 9 nitrogen and oxygen atoms in total. The second kappa shape index (κ2) is 7.32. The molecule has 0 saturated carbocycles. The van der Waals surface area contributed by atoms with Crippen LogP contribution in [0.3, 0.4) is 0 Å². The van der Waals surface area contributed by atoms with Gasteiger partial charge in [-0.25, -0.2) is 9.67 Å². The second-order valence-electron chi connectivity index (χ2n) is 7.71. The molecule has 3 N–H and O–H groups in total. The number of H-pyrrole nitrogens is 1. The van der Waals surface area contributed by atoms with Crippen molar-refractivity contribution in [3.05, 3.63) is 84.3 Å². The van der Waals surface area contributed by atoms with Crippen LogP contribution in [0.5, 0.6) is 0 Å². The van der Waals surface area contributed by atoms with Crippen molar-refractivity contribution >= 4 is 27.8 Å². The van der Waals surface area contributed by atoms with Crippen LogP contribution in [0.2, 0.25) is 0 Å². The first-order chi connectivity index (χ1) is 16.2. The molecular formula is C24H17N9. The third-order valence-corrected chi connectivity index (χ3v) is 5.64. The molecule has 0 radical (unpaired) electrons. The molecule has 4 heterocycles. The molecule has 0 aliphatic carbocycles. The first kappa shape index (κ1) is 18.8. The van der Waals surface area contributed by atoms with Gasteiger partial charge in [-0.1, -0.05) is 12.1 Å². The van der Waals surface area contributed by atoms with Crippen LogP contribution in [0.1, 0.15) is 11.1 Å². The Morgan fingerprint density at radius 3 is 2.76 bits per heavy atom. The zero-order valence-corrected chi connectivity index (χ0v) is 17.3. The maximum atomic E-state index is 9.02. The highest BCUT2D eigenvalue weighted by Gasteiger charge is 2.15. The number of nitrogens with zero attached hydrogens (tertiary/aromatic N) is 7. The number of aromatic amines is 1. The topological polar surface area (TPSA) is 127 Å². The Labute approximate surface area is 187 Å². The SMILES string of the molecule is N#Cc1ccc(Cn2nccc2-c2cnc3c(N)nn(-c4ccc5cn[nH]c5c4)c3c2)cc1. The van der Waals surface area contributed by atoms with Crippen LogP contribution in [-0.4, -0.2) is 34.7 Å². The summed E-state index contributed by atoms with van der Waals surface area (Å²) in [6.45, 7) is 0.573. The summed E-state index contributed by atoms with van der Waals surface area (Å²) in [5.41, 5.74) is 12.9. The van der Waals surface area contributed by atoms with E-state index in [9.17, 15) is 0 Å². The Bertz CT molecular complexity index is 1660. The summed E-state index contributed by atoms with van der Waals surface area (Å²) < 4.78 is 3.70. The van der Waals surface area contributed by atoms with Crippen molar-refractivity contribution in [1.82, 2.24) is 34.7 Å². The van der Waals surface area contributed by atoms with Gasteiger partial charge in [-0.15, -0.1) is 5.10 Å². The van der Waals surface area contributed by atoms with E-state index in [2.05, 4.69) is 31.4 Å².